The maximum atomic E-state index is 12.3. The second-order valence-electron chi connectivity index (χ2n) is 7.38. The van der Waals surface area contributed by atoms with Crippen molar-refractivity contribution in [1.82, 2.24) is 10.2 Å². The van der Waals surface area contributed by atoms with E-state index < -0.39 is 0 Å². The van der Waals surface area contributed by atoms with Crippen LogP contribution < -0.4 is 15.4 Å². The van der Waals surface area contributed by atoms with E-state index in [0.717, 1.165) is 42.9 Å². The molecular formula is C23H29N3O3. The molecule has 1 fully saturated rings. The van der Waals surface area contributed by atoms with Crippen LogP contribution in [0.15, 0.2) is 54.6 Å². The van der Waals surface area contributed by atoms with Crippen LogP contribution in [0.1, 0.15) is 24.8 Å². The molecule has 0 aromatic heterocycles. The normalized spacial score (nSPS) is 14.9. The maximum Gasteiger partial charge on any atom is 0.238 e. The summed E-state index contributed by atoms with van der Waals surface area (Å²) in [4.78, 5) is 26.6. The number of piperidine rings is 1. The molecule has 0 bridgehead atoms. The minimum atomic E-state index is -0.00280. The van der Waals surface area contributed by atoms with Crippen molar-refractivity contribution in [3.63, 3.8) is 0 Å². The van der Waals surface area contributed by atoms with E-state index in [9.17, 15) is 9.59 Å². The maximum absolute atomic E-state index is 12.3. The fourth-order valence-corrected chi connectivity index (χ4v) is 3.55. The fourth-order valence-electron chi connectivity index (χ4n) is 3.55. The standard InChI is InChI=1S/C23H29N3O3/c1-29-21-9-5-6-18(16-21)10-11-22(27)24-20-12-14-26(15-13-20)17-23(28)25-19-7-3-2-4-8-19/h2-9,16,20H,10-15,17H2,1H3,(H,24,27)(H,25,28). The number of anilines is 1. The number of para-hydroxylation sites is 1. The van der Waals surface area contributed by atoms with Crippen molar-refractivity contribution in [2.75, 3.05) is 32.1 Å². The lowest BCUT2D eigenvalue weighted by Crippen LogP contribution is -2.46. The van der Waals surface area contributed by atoms with Crippen LogP contribution in [0, 0.1) is 0 Å². The van der Waals surface area contributed by atoms with Crippen molar-refractivity contribution in [3.8, 4) is 5.75 Å². The monoisotopic (exact) mass is 395 g/mol. The van der Waals surface area contributed by atoms with Crippen LogP contribution >= 0.6 is 0 Å². The first kappa shape index (κ1) is 20.9. The van der Waals surface area contributed by atoms with Gasteiger partial charge in [0.15, 0.2) is 0 Å². The van der Waals surface area contributed by atoms with Crippen LogP contribution in [-0.4, -0.2) is 49.5 Å². The molecule has 2 N–H and O–H groups in total. The van der Waals surface area contributed by atoms with Gasteiger partial charge in [-0.05, 0) is 49.1 Å². The zero-order valence-electron chi connectivity index (χ0n) is 16.9. The van der Waals surface area contributed by atoms with Crippen molar-refractivity contribution in [2.45, 2.75) is 31.7 Å². The van der Waals surface area contributed by atoms with Crippen LogP contribution in [0.2, 0.25) is 0 Å². The highest BCUT2D eigenvalue weighted by Gasteiger charge is 2.22. The largest absolute Gasteiger partial charge is 0.497 e. The third kappa shape index (κ3) is 6.91. The molecule has 0 aliphatic carbocycles. The topological polar surface area (TPSA) is 70.7 Å². The number of nitrogens with zero attached hydrogens (tertiary/aromatic N) is 1. The number of likely N-dealkylation sites (tertiary alicyclic amines) is 1. The summed E-state index contributed by atoms with van der Waals surface area (Å²) in [5.74, 6) is 0.886. The van der Waals surface area contributed by atoms with Crippen molar-refractivity contribution < 1.29 is 14.3 Å². The Morgan fingerprint density at radius 2 is 1.79 bits per heavy atom. The summed E-state index contributed by atoms with van der Waals surface area (Å²) in [7, 11) is 1.64. The first-order chi connectivity index (χ1) is 14.1. The lowest BCUT2D eigenvalue weighted by Gasteiger charge is -2.31. The average molecular weight is 396 g/mol. The Labute approximate surface area is 172 Å². The molecule has 2 aromatic carbocycles. The van der Waals surface area contributed by atoms with E-state index in [1.54, 1.807) is 7.11 Å². The number of hydrogen-bond donors (Lipinski definition) is 2. The zero-order valence-corrected chi connectivity index (χ0v) is 16.9. The van der Waals surface area contributed by atoms with E-state index in [1.165, 1.54) is 0 Å². The molecule has 3 rings (SSSR count). The number of benzene rings is 2. The van der Waals surface area contributed by atoms with Gasteiger partial charge < -0.3 is 15.4 Å². The Kier molecular flexibility index (Phi) is 7.64. The van der Waals surface area contributed by atoms with Crippen molar-refractivity contribution >= 4 is 17.5 Å². The van der Waals surface area contributed by atoms with Crippen LogP contribution in [-0.2, 0) is 16.0 Å². The number of carbonyl (C=O) groups is 2. The molecule has 1 saturated heterocycles. The molecule has 154 valence electrons. The molecule has 1 aliphatic rings. The first-order valence-corrected chi connectivity index (χ1v) is 10.1. The summed E-state index contributed by atoms with van der Waals surface area (Å²) in [5.41, 5.74) is 1.91. The Morgan fingerprint density at radius 3 is 2.52 bits per heavy atom. The van der Waals surface area contributed by atoms with E-state index in [0.29, 0.717) is 19.4 Å². The molecule has 0 spiro atoms. The van der Waals surface area contributed by atoms with E-state index in [-0.39, 0.29) is 17.9 Å². The molecule has 0 radical (unpaired) electrons. The SMILES string of the molecule is COc1cccc(CCC(=O)NC2CCN(CC(=O)Nc3ccccc3)CC2)c1. The van der Waals surface area contributed by atoms with E-state index in [4.69, 9.17) is 4.74 Å². The quantitative estimate of drug-likeness (QED) is 0.721. The first-order valence-electron chi connectivity index (χ1n) is 10.1. The summed E-state index contributed by atoms with van der Waals surface area (Å²) in [6, 6.07) is 17.5. The highest BCUT2D eigenvalue weighted by Crippen LogP contribution is 2.15. The van der Waals surface area contributed by atoms with Gasteiger partial charge in [0.25, 0.3) is 0 Å². The smallest absolute Gasteiger partial charge is 0.238 e. The van der Waals surface area contributed by atoms with Crippen molar-refractivity contribution in [3.05, 3.63) is 60.2 Å². The molecule has 0 unspecified atom stereocenters. The lowest BCUT2D eigenvalue weighted by molar-refractivity contribution is -0.122. The fraction of sp³-hybridized carbons (Fsp3) is 0.391. The number of rotatable bonds is 8. The molecule has 1 aliphatic heterocycles. The number of carbonyl (C=O) groups excluding carboxylic acids is 2. The van der Waals surface area contributed by atoms with Gasteiger partial charge in [-0.3, -0.25) is 14.5 Å². The minimum absolute atomic E-state index is 0.00280. The Bertz CT molecular complexity index is 802. The number of ether oxygens (including phenoxy) is 1. The van der Waals surface area contributed by atoms with Crippen LogP contribution in [0.4, 0.5) is 5.69 Å². The number of hydrogen-bond acceptors (Lipinski definition) is 4. The molecule has 2 amide bonds. The van der Waals surface area contributed by atoms with Gasteiger partial charge in [0.1, 0.15) is 5.75 Å². The van der Waals surface area contributed by atoms with Crippen LogP contribution in [0.3, 0.4) is 0 Å². The summed E-state index contributed by atoms with van der Waals surface area (Å²) in [6.45, 7) is 2.00. The summed E-state index contributed by atoms with van der Waals surface area (Å²) in [6.07, 6.45) is 2.89. The van der Waals surface area contributed by atoms with Gasteiger partial charge in [0, 0.05) is 31.2 Å². The second-order valence-corrected chi connectivity index (χ2v) is 7.38. The molecule has 2 aromatic rings. The Balaban J connectivity index is 1.34. The summed E-state index contributed by atoms with van der Waals surface area (Å²) < 4.78 is 5.22. The van der Waals surface area contributed by atoms with Gasteiger partial charge >= 0.3 is 0 Å². The highest BCUT2D eigenvalue weighted by molar-refractivity contribution is 5.92. The van der Waals surface area contributed by atoms with E-state index in [2.05, 4.69) is 15.5 Å². The molecule has 0 atom stereocenters. The van der Waals surface area contributed by atoms with Crippen molar-refractivity contribution in [1.29, 1.82) is 0 Å². The Morgan fingerprint density at radius 1 is 1.03 bits per heavy atom. The van der Waals surface area contributed by atoms with Crippen LogP contribution in [0.25, 0.3) is 0 Å². The number of methoxy groups -OCH3 is 1. The minimum Gasteiger partial charge on any atom is -0.497 e. The predicted octanol–water partition coefficient (Wildman–Crippen LogP) is 2.85. The molecule has 6 heteroatoms. The van der Waals surface area contributed by atoms with E-state index in [1.807, 2.05) is 54.6 Å². The summed E-state index contributed by atoms with van der Waals surface area (Å²) >= 11 is 0. The summed E-state index contributed by atoms with van der Waals surface area (Å²) in [5, 5.41) is 6.05. The van der Waals surface area contributed by atoms with Crippen LogP contribution in [0.5, 0.6) is 5.75 Å². The Hall–Kier alpha value is -2.86. The predicted molar refractivity (Wildman–Crippen MR) is 114 cm³/mol. The number of amides is 2. The third-order valence-corrected chi connectivity index (χ3v) is 5.15. The van der Waals surface area contributed by atoms with Gasteiger partial charge in [0.05, 0.1) is 13.7 Å². The third-order valence-electron chi connectivity index (χ3n) is 5.15. The van der Waals surface area contributed by atoms with Gasteiger partial charge in [-0.25, -0.2) is 0 Å². The zero-order chi connectivity index (χ0) is 20.5. The molecule has 6 nitrogen and oxygen atoms in total. The number of nitrogens with one attached hydrogen (secondary N) is 2. The molecule has 29 heavy (non-hydrogen) atoms. The molecule has 0 saturated carbocycles. The number of aryl methyl sites for hydroxylation is 1. The lowest BCUT2D eigenvalue weighted by atomic mass is 10.0. The van der Waals surface area contributed by atoms with Crippen molar-refractivity contribution in [2.24, 2.45) is 0 Å². The molecular weight excluding hydrogens is 366 g/mol. The average Bonchev–Trinajstić information content (AvgIpc) is 2.74. The molecule has 1 heterocycles. The van der Waals surface area contributed by atoms with Gasteiger partial charge in [-0.1, -0.05) is 30.3 Å². The van der Waals surface area contributed by atoms with E-state index >= 15 is 0 Å². The van der Waals surface area contributed by atoms with Gasteiger partial charge in [0.2, 0.25) is 11.8 Å². The highest BCUT2D eigenvalue weighted by atomic mass is 16.5. The van der Waals surface area contributed by atoms with Gasteiger partial charge in [-0.2, -0.15) is 0 Å². The second kappa shape index (κ2) is 10.6. The van der Waals surface area contributed by atoms with Gasteiger partial charge in [-0.15, -0.1) is 0 Å².